The minimum Gasteiger partial charge on any atom is -0.393 e. The molecule has 1 aromatic rings. The van der Waals surface area contributed by atoms with Gasteiger partial charge in [-0.25, -0.2) is 23.1 Å². The molecule has 0 spiro atoms. The number of sulfonamides is 1. The number of rotatable bonds is 4. The fourth-order valence-electron chi connectivity index (χ4n) is 2.17. The van der Waals surface area contributed by atoms with Crippen LogP contribution in [-0.2, 0) is 10.0 Å². The van der Waals surface area contributed by atoms with Gasteiger partial charge in [0.2, 0.25) is 15.3 Å². The summed E-state index contributed by atoms with van der Waals surface area (Å²) in [7, 11) is -3.64. The lowest BCUT2D eigenvalue weighted by Gasteiger charge is -2.27. The molecular formula is C11H16ClN3O3S. The van der Waals surface area contributed by atoms with Crippen molar-refractivity contribution in [3.8, 4) is 0 Å². The molecule has 1 aliphatic rings. The van der Waals surface area contributed by atoms with Crippen LogP contribution < -0.4 is 4.72 Å². The zero-order valence-corrected chi connectivity index (χ0v) is 11.9. The van der Waals surface area contributed by atoms with Gasteiger partial charge in [0.05, 0.1) is 18.5 Å². The monoisotopic (exact) mass is 305 g/mol. The highest BCUT2D eigenvalue weighted by Crippen LogP contribution is 2.24. The van der Waals surface area contributed by atoms with E-state index >= 15 is 0 Å². The summed E-state index contributed by atoms with van der Waals surface area (Å²) in [6.07, 6.45) is 5.47. The van der Waals surface area contributed by atoms with Gasteiger partial charge >= 0.3 is 0 Å². The van der Waals surface area contributed by atoms with E-state index in [2.05, 4.69) is 14.7 Å². The maximum atomic E-state index is 12.0. The predicted molar refractivity (Wildman–Crippen MR) is 70.2 cm³/mol. The summed E-state index contributed by atoms with van der Waals surface area (Å²) < 4.78 is 26.4. The third-order valence-electron chi connectivity index (χ3n) is 3.31. The van der Waals surface area contributed by atoms with Crippen LogP contribution in [-0.4, -0.2) is 36.1 Å². The highest BCUT2D eigenvalue weighted by Gasteiger charge is 2.25. The molecule has 0 amide bonds. The average molecular weight is 306 g/mol. The van der Waals surface area contributed by atoms with Crippen molar-refractivity contribution in [1.29, 1.82) is 0 Å². The molecule has 1 saturated carbocycles. The summed E-state index contributed by atoms with van der Waals surface area (Å²) in [5.74, 6) is -0.0308. The summed E-state index contributed by atoms with van der Waals surface area (Å²) in [5, 5.41) is 9.80. The minimum atomic E-state index is -3.64. The van der Waals surface area contributed by atoms with Gasteiger partial charge < -0.3 is 5.11 Å². The van der Waals surface area contributed by atoms with Gasteiger partial charge in [-0.1, -0.05) is 12.8 Å². The molecule has 2 unspecified atom stereocenters. The molecule has 0 aliphatic heterocycles. The zero-order valence-electron chi connectivity index (χ0n) is 10.3. The number of aliphatic hydroxyl groups is 1. The second-order valence-corrected chi connectivity index (χ2v) is 6.76. The molecule has 1 fully saturated rings. The molecule has 1 aliphatic carbocycles. The van der Waals surface area contributed by atoms with Crippen LogP contribution >= 0.6 is 11.6 Å². The molecule has 2 N–H and O–H groups in total. The Bertz CT molecular complexity index is 520. The lowest BCUT2D eigenvalue weighted by molar-refractivity contribution is 0.0724. The second kappa shape index (κ2) is 6.13. The normalized spacial score (nSPS) is 24.3. The topological polar surface area (TPSA) is 92.2 Å². The van der Waals surface area contributed by atoms with Crippen LogP contribution in [0.3, 0.4) is 0 Å². The summed E-state index contributed by atoms with van der Waals surface area (Å²) in [4.78, 5) is 7.26. The van der Waals surface area contributed by atoms with E-state index < -0.39 is 16.1 Å². The summed E-state index contributed by atoms with van der Waals surface area (Å²) >= 11 is 5.51. The molecular weight excluding hydrogens is 290 g/mol. The van der Waals surface area contributed by atoms with Gasteiger partial charge in [-0.15, -0.1) is 0 Å². The second-order valence-electron chi connectivity index (χ2n) is 4.65. The van der Waals surface area contributed by atoms with Gasteiger partial charge in [-0.05, 0) is 30.4 Å². The number of aromatic nitrogens is 2. The SMILES string of the molecule is O=S(=O)(NCC1CCCCC1O)c1cnc(Cl)nc1. The molecule has 106 valence electrons. The molecule has 6 nitrogen and oxygen atoms in total. The molecule has 0 saturated heterocycles. The van der Waals surface area contributed by atoms with E-state index in [1.807, 2.05) is 0 Å². The van der Waals surface area contributed by atoms with Crippen molar-refractivity contribution in [2.45, 2.75) is 36.7 Å². The van der Waals surface area contributed by atoms with Gasteiger partial charge in [-0.3, -0.25) is 0 Å². The highest BCUT2D eigenvalue weighted by atomic mass is 35.5. The number of halogens is 1. The number of hydrogen-bond donors (Lipinski definition) is 2. The molecule has 2 rings (SSSR count). The largest absolute Gasteiger partial charge is 0.393 e. The number of nitrogens with zero attached hydrogens (tertiary/aromatic N) is 2. The van der Waals surface area contributed by atoms with E-state index in [0.717, 1.165) is 38.1 Å². The van der Waals surface area contributed by atoms with Crippen molar-refractivity contribution >= 4 is 21.6 Å². The molecule has 0 bridgehead atoms. The molecule has 8 heteroatoms. The van der Waals surface area contributed by atoms with Crippen molar-refractivity contribution in [2.24, 2.45) is 5.92 Å². The molecule has 1 aromatic heterocycles. The first-order chi connectivity index (χ1) is 8.99. The van der Waals surface area contributed by atoms with Crippen LogP contribution in [0.25, 0.3) is 0 Å². The lowest BCUT2D eigenvalue weighted by Crippen LogP contribution is -2.36. The van der Waals surface area contributed by atoms with Crippen molar-refractivity contribution in [2.75, 3.05) is 6.54 Å². The average Bonchev–Trinajstić information content (AvgIpc) is 2.38. The van der Waals surface area contributed by atoms with Crippen LogP contribution in [0.4, 0.5) is 0 Å². The Balaban J connectivity index is 1.99. The van der Waals surface area contributed by atoms with E-state index in [1.54, 1.807) is 0 Å². The van der Waals surface area contributed by atoms with Gasteiger partial charge in [0.1, 0.15) is 4.90 Å². The summed E-state index contributed by atoms with van der Waals surface area (Å²) in [6.45, 7) is 0.228. The Kier molecular flexibility index (Phi) is 4.72. The molecule has 1 heterocycles. The molecule has 0 aromatic carbocycles. The number of nitrogens with one attached hydrogen (secondary N) is 1. The molecule has 0 radical (unpaired) electrons. The number of aliphatic hydroxyl groups excluding tert-OH is 1. The summed E-state index contributed by atoms with van der Waals surface area (Å²) in [6, 6.07) is 0. The Hall–Kier alpha value is -0.760. The van der Waals surface area contributed by atoms with E-state index in [0.29, 0.717) is 0 Å². The maximum absolute atomic E-state index is 12.0. The van der Waals surface area contributed by atoms with Crippen LogP contribution in [0, 0.1) is 5.92 Å². The van der Waals surface area contributed by atoms with Crippen LogP contribution in [0.1, 0.15) is 25.7 Å². The number of hydrogen-bond acceptors (Lipinski definition) is 5. The lowest BCUT2D eigenvalue weighted by atomic mass is 9.87. The Morgan fingerprint density at radius 1 is 1.32 bits per heavy atom. The summed E-state index contributed by atoms with van der Waals surface area (Å²) in [5.41, 5.74) is 0. The Labute approximate surface area is 117 Å². The predicted octanol–water partition coefficient (Wildman–Crippen LogP) is 0.959. The highest BCUT2D eigenvalue weighted by molar-refractivity contribution is 7.89. The van der Waals surface area contributed by atoms with Crippen LogP contribution in [0.2, 0.25) is 5.28 Å². The third kappa shape index (κ3) is 3.85. The van der Waals surface area contributed by atoms with Crippen LogP contribution in [0.5, 0.6) is 0 Å². The minimum absolute atomic E-state index is 0.00153. The van der Waals surface area contributed by atoms with Crippen molar-refractivity contribution in [3.63, 3.8) is 0 Å². The molecule has 19 heavy (non-hydrogen) atoms. The van der Waals surface area contributed by atoms with E-state index in [9.17, 15) is 13.5 Å². The quantitative estimate of drug-likeness (QED) is 0.808. The first-order valence-electron chi connectivity index (χ1n) is 6.14. The zero-order chi connectivity index (χ0) is 13.9. The van der Waals surface area contributed by atoms with E-state index in [1.165, 1.54) is 0 Å². The smallest absolute Gasteiger partial charge is 0.243 e. The van der Waals surface area contributed by atoms with E-state index in [-0.39, 0.29) is 22.6 Å². The third-order valence-corrected chi connectivity index (χ3v) is 4.88. The van der Waals surface area contributed by atoms with E-state index in [4.69, 9.17) is 11.6 Å². The van der Waals surface area contributed by atoms with Crippen LogP contribution in [0.15, 0.2) is 17.3 Å². The van der Waals surface area contributed by atoms with Gasteiger partial charge in [-0.2, -0.15) is 0 Å². The Morgan fingerprint density at radius 3 is 2.58 bits per heavy atom. The maximum Gasteiger partial charge on any atom is 0.243 e. The van der Waals surface area contributed by atoms with Crippen molar-refractivity contribution < 1.29 is 13.5 Å². The fourth-order valence-corrected chi connectivity index (χ4v) is 3.25. The first kappa shape index (κ1) is 14.6. The van der Waals surface area contributed by atoms with Crippen molar-refractivity contribution in [3.05, 3.63) is 17.7 Å². The Morgan fingerprint density at radius 2 is 1.95 bits per heavy atom. The van der Waals surface area contributed by atoms with Gasteiger partial charge in [0.25, 0.3) is 0 Å². The van der Waals surface area contributed by atoms with Crippen molar-refractivity contribution in [1.82, 2.24) is 14.7 Å². The molecule has 2 atom stereocenters. The fraction of sp³-hybridized carbons (Fsp3) is 0.636. The standard InChI is InChI=1S/C11H16ClN3O3S/c12-11-13-6-9(7-14-11)19(17,18)15-5-8-3-1-2-4-10(8)16/h6-8,10,15-16H,1-5H2. The first-order valence-corrected chi connectivity index (χ1v) is 8.00. The van der Waals surface area contributed by atoms with Gasteiger partial charge in [0.15, 0.2) is 0 Å². The van der Waals surface area contributed by atoms with Gasteiger partial charge in [0, 0.05) is 6.54 Å².